The highest BCUT2D eigenvalue weighted by Gasteiger charge is 2.20. The number of ether oxygens (including phenoxy) is 1. The minimum Gasteiger partial charge on any atom is -0.375 e. The predicted molar refractivity (Wildman–Crippen MR) is 86.0 cm³/mol. The maximum atomic E-state index is 12.1. The van der Waals surface area contributed by atoms with Gasteiger partial charge in [-0.3, -0.25) is 0 Å². The van der Waals surface area contributed by atoms with Crippen LogP contribution < -0.4 is 4.72 Å². The molecule has 0 bridgehead atoms. The molecule has 0 fully saturated rings. The first-order valence-electron chi connectivity index (χ1n) is 5.76. The summed E-state index contributed by atoms with van der Waals surface area (Å²) in [6, 6.07) is 7.25. The predicted octanol–water partition coefficient (Wildman–Crippen LogP) is 3.55. The van der Waals surface area contributed by atoms with E-state index in [2.05, 4.69) is 20.7 Å². The molecule has 0 aliphatic rings. The van der Waals surface area contributed by atoms with Crippen LogP contribution in [0.2, 0.25) is 0 Å². The van der Waals surface area contributed by atoms with E-state index in [1.54, 1.807) is 30.6 Å². The van der Waals surface area contributed by atoms with Crippen LogP contribution in [0, 0.1) is 6.92 Å². The second kappa shape index (κ2) is 6.67. The number of nitrogens with one attached hydrogen (secondary N) is 1. The molecule has 0 aliphatic carbocycles. The largest absolute Gasteiger partial charge is 0.375 e. The second-order valence-corrected chi connectivity index (χ2v) is 9.86. The molecule has 0 radical (unpaired) electrons. The number of rotatable bonds is 6. The highest BCUT2D eigenvalue weighted by Crippen LogP contribution is 2.27. The van der Waals surface area contributed by atoms with Crippen molar-refractivity contribution in [3.8, 4) is 0 Å². The van der Waals surface area contributed by atoms with E-state index in [-0.39, 0.29) is 12.6 Å². The van der Waals surface area contributed by atoms with Gasteiger partial charge < -0.3 is 4.74 Å². The monoisotopic (exact) mass is 395 g/mol. The van der Waals surface area contributed by atoms with Gasteiger partial charge in [-0.2, -0.15) is 0 Å². The molecule has 0 aliphatic heterocycles. The third-order valence-electron chi connectivity index (χ3n) is 2.64. The Bertz CT molecular complexity index is 678. The van der Waals surface area contributed by atoms with Crippen molar-refractivity contribution in [3.05, 3.63) is 37.8 Å². The zero-order valence-electron chi connectivity index (χ0n) is 10.9. The molecule has 2 heterocycles. The molecule has 0 unspecified atom stereocenters. The fourth-order valence-corrected chi connectivity index (χ4v) is 5.67. The van der Waals surface area contributed by atoms with E-state index in [0.29, 0.717) is 4.21 Å². The van der Waals surface area contributed by atoms with Gasteiger partial charge in [0.25, 0.3) is 0 Å². The van der Waals surface area contributed by atoms with E-state index in [4.69, 9.17) is 4.74 Å². The summed E-state index contributed by atoms with van der Waals surface area (Å²) in [6.45, 7) is 2.22. The first kappa shape index (κ1) is 16.1. The van der Waals surface area contributed by atoms with E-state index in [9.17, 15) is 8.42 Å². The number of thiophene rings is 2. The first-order valence-corrected chi connectivity index (χ1v) is 9.67. The summed E-state index contributed by atoms with van der Waals surface area (Å²) in [5, 5.41) is 0. The smallest absolute Gasteiger partial charge is 0.250 e. The number of halogens is 1. The molecule has 0 aromatic carbocycles. The fraction of sp³-hybridized carbons (Fsp3) is 0.333. The molecule has 110 valence electrons. The Balaban J connectivity index is 2.06. The second-order valence-electron chi connectivity index (χ2n) is 4.08. The summed E-state index contributed by atoms with van der Waals surface area (Å²) in [5.74, 6) is 0. The molecular weight excluding hydrogens is 382 g/mol. The Hall–Kier alpha value is -0.250. The normalized spacial score (nSPS) is 13.6. The zero-order valence-corrected chi connectivity index (χ0v) is 15.0. The standard InChI is InChI=1S/C12H14BrNO3S3/c1-8-3-4-10(18-8)9(17-2)7-14-20(15,16)12-6-5-11(13)19-12/h3-6,9,14H,7H2,1-2H3/t9-/m0/s1. The van der Waals surface area contributed by atoms with Gasteiger partial charge in [-0.25, -0.2) is 13.1 Å². The van der Waals surface area contributed by atoms with Gasteiger partial charge >= 0.3 is 0 Å². The van der Waals surface area contributed by atoms with Crippen LogP contribution in [-0.4, -0.2) is 22.1 Å². The van der Waals surface area contributed by atoms with Gasteiger partial charge in [-0.15, -0.1) is 22.7 Å². The number of sulfonamides is 1. The van der Waals surface area contributed by atoms with Crippen molar-refractivity contribution < 1.29 is 13.2 Å². The van der Waals surface area contributed by atoms with E-state index in [0.717, 1.165) is 8.66 Å². The van der Waals surface area contributed by atoms with Crippen LogP contribution in [0.25, 0.3) is 0 Å². The highest BCUT2D eigenvalue weighted by molar-refractivity contribution is 9.11. The maximum absolute atomic E-state index is 12.1. The molecule has 2 aromatic heterocycles. The Morgan fingerprint density at radius 2 is 2.05 bits per heavy atom. The average molecular weight is 396 g/mol. The van der Waals surface area contributed by atoms with Crippen molar-refractivity contribution in [2.24, 2.45) is 0 Å². The number of hydrogen-bond donors (Lipinski definition) is 1. The van der Waals surface area contributed by atoms with Crippen molar-refractivity contribution in [3.63, 3.8) is 0 Å². The molecule has 2 aromatic rings. The van der Waals surface area contributed by atoms with Gasteiger partial charge in [-0.1, -0.05) is 0 Å². The van der Waals surface area contributed by atoms with Crippen LogP contribution in [0.1, 0.15) is 15.9 Å². The number of hydrogen-bond acceptors (Lipinski definition) is 5. The van der Waals surface area contributed by atoms with Crippen LogP contribution in [0.4, 0.5) is 0 Å². The lowest BCUT2D eigenvalue weighted by molar-refractivity contribution is 0.110. The third kappa shape index (κ3) is 3.90. The molecule has 0 saturated carbocycles. The van der Waals surface area contributed by atoms with E-state index < -0.39 is 10.0 Å². The highest BCUT2D eigenvalue weighted by atomic mass is 79.9. The van der Waals surface area contributed by atoms with Gasteiger partial charge in [0.05, 0.1) is 3.79 Å². The minimum absolute atomic E-state index is 0.217. The molecule has 0 amide bonds. The van der Waals surface area contributed by atoms with E-state index in [1.165, 1.54) is 16.2 Å². The van der Waals surface area contributed by atoms with Crippen molar-refractivity contribution in [1.29, 1.82) is 0 Å². The third-order valence-corrected chi connectivity index (χ3v) is 7.27. The molecule has 20 heavy (non-hydrogen) atoms. The van der Waals surface area contributed by atoms with Crippen molar-refractivity contribution in [2.45, 2.75) is 17.2 Å². The van der Waals surface area contributed by atoms with Crippen molar-refractivity contribution >= 4 is 48.6 Å². The first-order chi connectivity index (χ1) is 9.42. The maximum Gasteiger partial charge on any atom is 0.250 e. The summed E-state index contributed by atoms with van der Waals surface area (Å²) in [4.78, 5) is 2.19. The molecule has 2 rings (SSSR count). The topological polar surface area (TPSA) is 55.4 Å². The minimum atomic E-state index is -3.48. The van der Waals surface area contributed by atoms with Gasteiger partial charge in [-0.05, 0) is 47.1 Å². The lowest BCUT2D eigenvalue weighted by Gasteiger charge is -2.14. The molecule has 1 N–H and O–H groups in total. The van der Waals surface area contributed by atoms with Gasteiger partial charge in [0.15, 0.2) is 0 Å². The van der Waals surface area contributed by atoms with E-state index >= 15 is 0 Å². The van der Waals surface area contributed by atoms with Crippen LogP contribution in [0.15, 0.2) is 32.3 Å². The summed E-state index contributed by atoms with van der Waals surface area (Å²) >= 11 is 6.05. The van der Waals surface area contributed by atoms with Gasteiger partial charge in [0.2, 0.25) is 10.0 Å². The lowest BCUT2D eigenvalue weighted by Crippen LogP contribution is -2.28. The Morgan fingerprint density at radius 3 is 2.55 bits per heavy atom. The number of methoxy groups -OCH3 is 1. The van der Waals surface area contributed by atoms with Crippen molar-refractivity contribution in [2.75, 3.05) is 13.7 Å². The SMILES string of the molecule is CO[C@@H](CNS(=O)(=O)c1ccc(Br)s1)c1ccc(C)s1. The van der Waals surface area contributed by atoms with Crippen LogP contribution >= 0.6 is 38.6 Å². The van der Waals surface area contributed by atoms with Gasteiger partial charge in [0.1, 0.15) is 10.3 Å². The summed E-state index contributed by atoms with van der Waals surface area (Å²) < 4.78 is 33.3. The quantitative estimate of drug-likeness (QED) is 0.813. The number of aryl methyl sites for hydroxylation is 1. The zero-order chi connectivity index (χ0) is 14.8. The van der Waals surface area contributed by atoms with Gasteiger partial charge in [0, 0.05) is 23.4 Å². The molecule has 4 nitrogen and oxygen atoms in total. The lowest BCUT2D eigenvalue weighted by atomic mass is 10.3. The molecule has 0 spiro atoms. The fourth-order valence-electron chi connectivity index (χ4n) is 1.63. The summed E-state index contributed by atoms with van der Waals surface area (Å²) in [5.41, 5.74) is 0. The van der Waals surface area contributed by atoms with Crippen LogP contribution in [-0.2, 0) is 14.8 Å². The average Bonchev–Trinajstić information content (AvgIpc) is 2.99. The molecule has 1 atom stereocenters. The van der Waals surface area contributed by atoms with Crippen LogP contribution in [0.5, 0.6) is 0 Å². The summed E-state index contributed by atoms with van der Waals surface area (Å²) in [6.07, 6.45) is -0.271. The Morgan fingerprint density at radius 1 is 1.30 bits per heavy atom. The molecule has 8 heteroatoms. The molecular formula is C12H14BrNO3S3. The summed E-state index contributed by atoms with van der Waals surface area (Å²) in [7, 11) is -1.90. The Kier molecular flexibility index (Phi) is 5.38. The van der Waals surface area contributed by atoms with Crippen LogP contribution in [0.3, 0.4) is 0 Å². The molecule has 0 saturated heterocycles. The van der Waals surface area contributed by atoms with E-state index in [1.807, 2.05) is 19.1 Å². The Labute approximate surface area is 135 Å². The van der Waals surface area contributed by atoms with Crippen molar-refractivity contribution in [1.82, 2.24) is 4.72 Å².